The van der Waals surface area contributed by atoms with Crippen molar-refractivity contribution in [2.75, 3.05) is 18.1 Å². The van der Waals surface area contributed by atoms with Crippen LogP contribution in [0, 0.1) is 0 Å². The van der Waals surface area contributed by atoms with Crippen LogP contribution in [-0.4, -0.2) is 22.6 Å². The molecule has 70 valence electrons. The third kappa shape index (κ3) is 6.70. The Labute approximate surface area is 82.3 Å². The maximum atomic E-state index is 8.08. The summed E-state index contributed by atoms with van der Waals surface area (Å²) in [6, 6.07) is 0. The van der Waals surface area contributed by atoms with Crippen molar-refractivity contribution in [3.05, 3.63) is 10.4 Å². The number of azide groups is 1. The first-order chi connectivity index (χ1) is 5.85. The highest BCUT2D eigenvalue weighted by atomic mass is 32.2. The van der Waals surface area contributed by atoms with Crippen LogP contribution in [0.15, 0.2) is 5.11 Å². The van der Waals surface area contributed by atoms with Gasteiger partial charge in [0.15, 0.2) is 0 Å². The van der Waals surface area contributed by atoms with Gasteiger partial charge in [-0.3, -0.25) is 0 Å². The summed E-state index contributed by atoms with van der Waals surface area (Å²) in [4.78, 5) is 2.73. The summed E-state index contributed by atoms with van der Waals surface area (Å²) in [5, 5.41) is 3.53. The Morgan fingerprint density at radius 3 is 2.33 bits per heavy atom. The van der Waals surface area contributed by atoms with Gasteiger partial charge in [0.2, 0.25) is 0 Å². The first kappa shape index (κ1) is 12.0. The molecular weight excluding hydrogens is 190 g/mol. The lowest BCUT2D eigenvalue weighted by Gasteiger charge is -2.12. The average molecular weight is 205 g/mol. The molecule has 0 bridgehead atoms. The summed E-state index contributed by atoms with van der Waals surface area (Å²) >= 11 is 3.86. The van der Waals surface area contributed by atoms with Crippen molar-refractivity contribution in [2.24, 2.45) is 5.11 Å². The number of thioether (sulfide) groups is 2. The molecule has 0 rings (SSSR count). The van der Waals surface area contributed by atoms with Crippen molar-refractivity contribution in [2.45, 2.75) is 24.9 Å². The van der Waals surface area contributed by atoms with Crippen molar-refractivity contribution < 1.29 is 0 Å². The van der Waals surface area contributed by atoms with Crippen LogP contribution in [0.5, 0.6) is 0 Å². The van der Waals surface area contributed by atoms with Crippen molar-refractivity contribution in [3.8, 4) is 0 Å². The molecule has 0 N–H and O–H groups in total. The van der Waals surface area contributed by atoms with Gasteiger partial charge in [0, 0.05) is 11.5 Å². The van der Waals surface area contributed by atoms with E-state index in [4.69, 9.17) is 5.53 Å². The molecule has 0 aromatic rings. The van der Waals surface area contributed by atoms with Crippen LogP contribution in [-0.2, 0) is 0 Å². The van der Waals surface area contributed by atoms with Crippen LogP contribution in [0.2, 0.25) is 0 Å². The second-order valence-electron chi connectivity index (χ2n) is 2.08. The van der Waals surface area contributed by atoms with Gasteiger partial charge in [-0.25, -0.2) is 0 Å². The lowest BCUT2D eigenvalue weighted by atomic mass is 10.5. The molecule has 5 heteroatoms. The Hall–Kier alpha value is 0.01000. The van der Waals surface area contributed by atoms with Gasteiger partial charge in [0.05, 0.1) is 4.58 Å². The average Bonchev–Trinajstić information content (AvgIpc) is 2.06. The van der Waals surface area contributed by atoms with Gasteiger partial charge in [-0.05, 0) is 23.5 Å². The van der Waals surface area contributed by atoms with E-state index in [1.807, 2.05) is 23.5 Å². The van der Waals surface area contributed by atoms with Crippen LogP contribution < -0.4 is 0 Å². The third-order valence-electron chi connectivity index (χ3n) is 1.23. The van der Waals surface area contributed by atoms with Crippen molar-refractivity contribution >= 4 is 23.5 Å². The van der Waals surface area contributed by atoms with Crippen LogP contribution in [0.1, 0.15) is 20.3 Å². The smallest absolute Gasteiger partial charge is 0.0503 e. The normalized spacial score (nSPS) is 9.92. The maximum absolute atomic E-state index is 8.08. The van der Waals surface area contributed by atoms with Gasteiger partial charge in [0.1, 0.15) is 0 Å². The van der Waals surface area contributed by atoms with Gasteiger partial charge < -0.3 is 0 Å². The number of rotatable bonds is 7. The second-order valence-corrected chi connectivity index (χ2v) is 5.34. The van der Waals surface area contributed by atoms with E-state index in [0.717, 1.165) is 17.9 Å². The fourth-order valence-electron chi connectivity index (χ4n) is 0.794. The molecule has 0 aliphatic rings. The molecule has 0 amide bonds. The Morgan fingerprint density at radius 2 is 1.92 bits per heavy atom. The molecular formula is C7H15N3S2. The van der Waals surface area contributed by atoms with Gasteiger partial charge in [0.25, 0.3) is 0 Å². The number of nitrogens with zero attached hydrogens (tertiary/aromatic N) is 3. The second kappa shape index (κ2) is 9.10. The zero-order valence-corrected chi connectivity index (χ0v) is 9.20. The summed E-state index contributed by atoms with van der Waals surface area (Å²) in [5.41, 5.74) is 8.08. The van der Waals surface area contributed by atoms with Gasteiger partial charge in [-0.15, -0.1) is 23.5 Å². The zero-order valence-electron chi connectivity index (χ0n) is 7.56. The van der Waals surface area contributed by atoms with E-state index in [0.29, 0.717) is 11.1 Å². The fourth-order valence-corrected chi connectivity index (χ4v) is 3.28. The molecule has 0 spiro atoms. The monoisotopic (exact) mass is 205 g/mol. The topological polar surface area (TPSA) is 48.8 Å². The van der Waals surface area contributed by atoms with E-state index in [1.54, 1.807) is 0 Å². The standard InChI is InChI=1S/C7H15N3S2/c1-3-11-7(12-4-2)5-6-9-10-8/h7H,3-6H2,1-2H3. The minimum Gasteiger partial charge on any atom is -0.148 e. The summed E-state index contributed by atoms with van der Waals surface area (Å²) in [6.45, 7) is 4.93. The van der Waals surface area contributed by atoms with Gasteiger partial charge >= 0.3 is 0 Å². The molecule has 0 fully saturated rings. The molecule has 0 radical (unpaired) electrons. The number of hydrogen-bond acceptors (Lipinski definition) is 3. The van der Waals surface area contributed by atoms with Gasteiger partial charge in [-0.1, -0.05) is 19.0 Å². The molecule has 12 heavy (non-hydrogen) atoms. The summed E-state index contributed by atoms with van der Waals surface area (Å²) in [7, 11) is 0. The van der Waals surface area contributed by atoms with Crippen LogP contribution in [0.3, 0.4) is 0 Å². The van der Waals surface area contributed by atoms with E-state index < -0.39 is 0 Å². The third-order valence-corrected chi connectivity index (χ3v) is 3.93. The van der Waals surface area contributed by atoms with Crippen molar-refractivity contribution in [3.63, 3.8) is 0 Å². The Kier molecular flexibility index (Phi) is 9.11. The quantitative estimate of drug-likeness (QED) is 0.276. The highest BCUT2D eigenvalue weighted by Gasteiger charge is 2.05. The molecule has 0 aromatic carbocycles. The molecule has 3 nitrogen and oxygen atoms in total. The first-order valence-corrected chi connectivity index (χ1v) is 6.18. The van der Waals surface area contributed by atoms with Gasteiger partial charge in [-0.2, -0.15) is 0 Å². The minimum atomic E-state index is 0.602. The van der Waals surface area contributed by atoms with E-state index in [9.17, 15) is 0 Å². The maximum Gasteiger partial charge on any atom is 0.0503 e. The Balaban J connectivity index is 3.54. The first-order valence-electron chi connectivity index (χ1n) is 4.09. The SMILES string of the molecule is CCSC(CCN=[N+]=[N-])SCC. The lowest BCUT2D eigenvalue weighted by molar-refractivity contribution is 0.905. The minimum absolute atomic E-state index is 0.602. The van der Waals surface area contributed by atoms with Crippen molar-refractivity contribution in [1.82, 2.24) is 0 Å². The number of hydrogen-bond donors (Lipinski definition) is 0. The molecule has 0 aromatic heterocycles. The molecule has 0 atom stereocenters. The van der Waals surface area contributed by atoms with Crippen LogP contribution in [0.4, 0.5) is 0 Å². The summed E-state index contributed by atoms with van der Waals surface area (Å²) in [5.74, 6) is 2.27. The van der Waals surface area contributed by atoms with E-state index in [1.165, 1.54) is 0 Å². The highest BCUT2D eigenvalue weighted by Crippen LogP contribution is 2.26. The molecule has 0 saturated heterocycles. The lowest BCUT2D eigenvalue weighted by Crippen LogP contribution is -2.00. The predicted molar refractivity (Wildman–Crippen MR) is 58.7 cm³/mol. The Bertz CT molecular complexity index is 140. The highest BCUT2D eigenvalue weighted by molar-refractivity contribution is 8.16. The zero-order chi connectivity index (χ0) is 9.23. The molecule has 0 saturated carbocycles. The molecule has 0 unspecified atom stereocenters. The van der Waals surface area contributed by atoms with Crippen molar-refractivity contribution in [1.29, 1.82) is 0 Å². The Morgan fingerprint density at radius 1 is 1.33 bits per heavy atom. The predicted octanol–water partition coefficient (Wildman–Crippen LogP) is 3.52. The molecule has 0 heterocycles. The van der Waals surface area contributed by atoms with E-state index in [-0.39, 0.29) is 0 Å². The summed E-state index contributed by atoms with van der Waals surface area (Å²) in [6.07, 6.45) is 0.987. The fraction of sp³-hybridized carbons (Fsp3) is 1.00. The van der Waals surface area contributed by atoms with E-state index >= 15 is 0 Å². The summed E-state index contributed by atoms with van der Waals surface area (Å²) < 4.78 is 0.602. The molecule has 0 aliphatic carbocycles. The molecule has 0 aliphatic heterocycles. The largest absolute Gasteiger partial charge is 0.148 e. The van der Waals surface area contributed by atoms with Crippen LogP contribution >= 0.6 is 23.5 Å². The van der Waals surface area contributed by atoms with E-state index in [2.05, 4.69) is 23.9 Å². The van der Waals surface area contributed by atoms with Crippen LogP contribution in [0.25, 0.3) is 10.4 Å².